The average molecular weight is 299 g/mol. The zero-order valence-electron chi connectivity index (χ0n) is 11.9. The largest absolute Gasteiger partial charge is 0.349 e. The van der Waals surface area contributed by atoms with Crippen molar-refractivity contribution < 1.29 is 9.72 Å². The minimum atomic E-state index is -0.594. The second-order valence-corrected chi connectivity index (χ2v) is 5.11. The second-order valence-electron chi connectivity index (χ2n) is 4.73. The molecule has 0 spiro atoms. The number of benzene rings is 1. The van der Waals surface area contributed by atoms with E-state index in [0.717, 1.165) is 12.8 Å². The standard InChI is InChI=1S/C14H19ClN2O3/c1-4-10(5-2)9(3)16-14(18)11-7-6-8-12(13(11)15)17(19)20/h6-10H,4-5H2,1-3H3,(H,16,18). The summed E-state index contributed by atoms with van der Waals surface area (Å²) in [5, 5.41) is 13.5. The topological polar surface area (TPSA) is 72.2 Å². The van der Waals surface area contributed by atoms with E-state index in [4.69, 9.17) is 11.6 Å². The van der Waals surface area contributed by atoms with E-state index >= 15 is 0 Å². The molecule has 1 atom stereocenters. The Morgan fingerprint density at radius 3 is 2.50 bits per heavy atom. The summed E-state index contributed by atoms with van der Waals surface area (Å²) in [5.74, 6) is -0.00507. The number of nitrogens with one attached hydrogen (secondary N) is 1. The van der Waals surface area contributed by atoms with Crippen molar-refractivity contribution >= 4 is 23.2 Å². The summed E-state index contributed by atoms with van der Waals surface area (Å²) in [4.78, 5) is 22.4. The molecule has 1 amide bonds. The number of nitro benzene ring substituents is 1. The number of carbonyl (C=O) groups is 1. The van der Waals surface area contributed by atoms with Crippen molar-refractivity contribution in [2.75, 3.05) is 0 Å². The van der Waals surface area contributed by atoms with Gasteiger partial charge >= 0.3 is 0 Å². The van der Waals surface area contributed by atoms with E-state index in [1.54, 1.807) is 0 Å². The first-order valence-corrected chi connectivity index (χ1v) is 7.03. The van der Waals surface area contributed by atoms with Crippen molar-refractivity contribution in [3.8, 4) is 0 Å². The lowest BCUT2D eigenvalue weighted by Gasteiger charge is -2.22. The maximum Gasteiger partial charge on any atom is 0.288 e. The lowest BCUT2D eigenvalue weighted by atomic mass is 9.95. The molecular weight excluding hydrogens is 280 g/mol. The van der Waals surface area contributed by atoms with Crippen LogP contribution in [0.1, 0.15) is 44.0 Å². The predicted molar refractivity (Wildman–Crippen MR) is 79.1 cm³/mol. The summed E-state index contributed by atoms with van der Waals surface area (Å²) < 4.78 is 0. The van der Waals surface area contributed by atoms with Gasteiger partial charge in [-0.05, 0) is 18.9 Å². The Labute approximate surface area is 123 Å². The van der Waals surface area contributed by atoms with E-state index in [2.05, 4.69) is 19.2 Å². The molecule has 1 N–H and O–H groups in total. The van der Waals surface area contributed by atoms with Crippen molar-refractivity contribution in [2.45, 2.75) is 39.7 Å². The number of halogens is 1. The first-order valence-electron chi connectivity index (χ1n) is 6.66. The molecule has 0 saturated heterocycles. The fourth-order valence-electron chi connectivity index (χ4n) is 2.23. The molecule has 1 rings (SSSR count). The first-order chi connectivity index (χ1) is 9.42. The molecule has 6 heteroatoms. The molecule has 0 radical (unpaired) electrons. The molecular formula is C14H19ClN2O3. The summed E-state index contributed by atoms with van der Waals surface area (Å²) in [6.07, 6.45) is 1.92. The van der Waals surface area contributed by atoms with Crippen LogP contribution in [0.3, 0.4) is 0 Å². The van der Waals surface area contributed by atoms with Crippen LogP contribution >= 0.6 is 11.6 Å². The van der Waals surface area contributed by atoms with Gasteiger partial charge in [0.2, 0.25) is 0 Å². The van der Waals surface area contributed by atoms with E-state index in [1.807, 2.05) is 6.92 Å². The molecule has 0 aromatic heterocycles. The van der Waals surface area contributed by atoms with Crippen molar-refractivity contribution in [2.24, 2.45) is 5.92 Å². The molecule has 0 aliphatic rings. The van der Waals surface area contributed by atoms with Crippen molar-refractivity contribution in [1.29, 1.82) is 0 Å². The number of carbonyl (C=O) groups excluding carboxylic acids is 1. The van der Waals surface area contributed by atoms with Crippen LogP contribution in [-0.2, 0) is 0 Å². The molecule has 110 valence electrons. The summed E-state index contributed by atoms with van der Waals surface area (Å²) in [5.41, 5.74) is -0.117. The molecule has 20 heavy (non-hydrogen) atoms. The fraction of sp³-hybridized carbons (Fsp3) is 0.500. The van der Waals surface area contributed by atoms with Crippen LogP contribution in [0.15, 0.2) is 18.2 Å². The first kappa shape index (κ1) is 16.4. The van der Waals surface area contributed by atoms with Crippen molar-refractivity contribution in [1.82, 2.24) is 5.32 Å². The number of hydrogen-bond acceptors (Lipinski definition) is 3. The number of hydrogen-bond donors (Lipinski definition) is 1. The van der Waals surface area contributed by atoms with Gasteiger partial charge in [0.1, 0.15) is 5.02 Å². The van der Waals surface area contributed by atoms with Gasteiger partial charge in [-0.15, -0.1) is 0 Å². The lowest BCUT2D eigenvalue weighted by Crippen LogP contribution is -2.37. The third-order valence-corrected chi connectivity index (χ3v) is 3.93. The Balaban J connectivity index is 2.93. The van der Waals surface area contributed by atoms with E-state index < -0.39 is 4.92 Å². The van der Waals surface area contributed by atoms with Crippen LogP contribution in [-0.4, -0.2) is 16.9 Å². The van der Waals surface area contributed by atoms with E-state index in [0.29, 0.717) is 5.92 Å². The van der Waals surface area contributed by atoms with Gasteiger partial charge in [-0.2, -0.15) is 0 Å². The van der Waals surface area contributed by atoms with Crippen LogP contribution in [0.4, 0.5) is 5.69 Å². The Kier molecular flexibility index (Phi) is 5.95. The van der Waals surface area contributed by atoms with Gasteiger partial charge in [-0.25, -0.2) is 0 Å². The van der Waals surface area contributed by atoms with Crippen LogP contribution in [0.5, 0.6) is 0 Å². The zero-order chi connectivity index (χ0) is 15.3. The average Bonchev–Trinajstić information content (AvgIpc) is 2.39. The quantitative estimate of drug-likeness (QED) is 0.641. The Bertz CT molecular complexity index is 501. The predicted octanol–water partition coefficient (Wildman–Crippen LogP) is 3.80. The fourth-order valence-corrected chi connectivity index (χ4v) is 2.52. The molecule has 0 bridgehead atoms. The van der Waals surface area contributed by atoms with E-state index in [9.17, 15) is 14.9 Å². The van der Waals surface area contributed by atoms with Gasteiger partial charge in [0.15, 0.2) is 0 Å². The highest BCUT2D eigenvalue weighted by molar-refractivity contribution is 6.35. The highest BCUT2D eigenvalue weighted by Crippen LogP contribution is 2.27. The number of nitro groups is 1. The van der Waals surface area contributed by atoms with Gasteiger partial charge in [-0.1, -0.05) is 44.4 Å². The normalized spacial score (nSPS) is 12.2. The van der Waals surface area contributed by atoms with Gasteiger partial charge in [0, 0.05) is 12.1 Å². The van der Waals surface area contributed by atoms with Gasteiger partial charge in [0.25, 0.3) is 11.6 Å². The smallest absolute Gasteiger partial charge is 0.288 e. The third kappa shape index (κ3) is 3.70. The molecule has 0 saturated carbocycles. The monoisotopic (exact) mass is 298 g/mol. The minimum absolute atomic E-state index is 0.00664. The lowest BCUT2D eigenvalue weighted by molar-refractivity contribution is -0.384. The van der Waals surface area contributed by atoms with Crippen molar-refractivity contribution in [3.63, 3.8) is 0 Å². The third-order valence-electron chi connectivity index (χ3n) is 3.53. The molecule has 0 fully saturated rings. The number of rotatable bonds is 6. The van der Waals surface area contributed by atoms with E-state index in [-0.39, 0.29) is 28.2 Å². The van der Waals surface area contributed by atoms with Crippen LogP contribution in [0.2, 0.25) is 5.02 Å². The number of nitrogens with zero attached hydrogens (tertiary/aromatic N) is 1. The van der Waals surface area contributed by atoms with Crippen molar-refractivity contribution in [3.05, 3.63) is 38.9 Å². The summed E-state index contributed by atoms with van der Waals surface area (Å²) in [6.45, 7) is 6.06. The van der Waals surface area contributed by atoms with Gasteiger partial charge < -0.3 is 5.32 Å². The van der Waals surface area contributed by atoms with Gasteiger partial charge in [0.05, 0.1) is 10.5 Å². The molecule has 1 aromatic carbocycles. The summed E-state index contributed by atoms with van der Waals surface area (Å²) in [6, 6.07) is 4.22. The van der Waals surface area contributed by atoms with Gasteiger partial charge in [-0.3, -0.25) is 14.9 Å². The molecule has 0 heterocycles. The molecule has 0 aliphatic carbocycles. The van der Waals surface area contributed by atoms with Crippen LogP contribution in [0, 0.1) is 16.0 Å². The summed E-state index contributed by atoms with van der Waals surface area (Å²) in [7, 11) is 0. The van der Waals surface area contributed by atoms with Crippen LogP contribution in [0.25, 0.3) is 0 Å². The SMILES string of the molecule is CCC(CC)C(C)NC(=O)c1cccc([N+](=O)[O-])c1Cl. The summed E-state index contributed by atoms with van der Waals surface area (Å²) >= 11 is 5.93. The Hall–Kier alpha value is -1.62. The van der Waals surface area contributed by atoms with Crippen LogP contribution < -0.4 is 5.32 Å². The highest BCUT2D eigenvalue weighted by atomic mass is 35.5. The zero-order valence-corrected chi connectivity index (χ0v) is 12.6. The molecule has 1 aromatic rings. The maximum absolute atomic E-state index is 12.2. The molecule has 1 unspecified atom stereocenters. The maximum atomic E-state index is 12.2. The van der Waals surface area contributed by atoms with E-state index in [1.165, 1.54) is 18.2 Å². The second kappa shape index (κ2) is 7.24. The minimum Gasteiger partial charge on any atom is -0.349 e. The molecule has 5 nitrogen and oxygen atoms in total. The molecule has 0 aliphatic heterocycles. The number of amides is 1. The highest BCUT2D eigenvalue weighted by Gasteiger charge is 2.22. The Morgan fingerprint density at radius 2 is 2.00 bits per heavy atom. The Morgan fingerprint density at radius 1 is 1.40 bits per heavy atom.